The average Bonchev–Trinajstić information content (AvgIpc) is 2.93. The van der Waals surface area contributed by atoms with Crippen LogP contribution in [0.15, 0.2) is 48.8 Å². The molecule has 0 unspecified atom stereocenters. The fraction of sp³-hybridized carbons (Fsp3) is 0.150. The Labute approximate surface area is 139 Å². The molecule has 2 aromatic carbocycles. The number of benzene rings is 2. The van der Waals surface area contributed by atoms with Gasteiger partial charge < -0.3 is 9.72 Å². The highest BCUT2D eigenvalue weighted by Crippen LogP contribution is 2.27. The van der Waals surface area contributed by atoms with Crippen LogP contribution in [0.2, 0.25) is 0 Å². The van der Waals surface area contributed by atoms with E-state index in [4.69, 9.17) is 4.98 Å². The monoisotopic (exact) mass is 319 g/mol. The van der Waals surface area contributed by atoms with Gasteiger partial charge in [-0.3, -0.25) is 0 Å². The molecule has 24 heavy (non-hydrogen) atoms. The summed E-state index contributed by atoms with van der Waals surface area (Å²) in [6, 6.07) is 11.0. The Morgan fingerprint density at radius 3 is 2.50 bits per heavy atom. The number of fused-ring (bicyclic) bond motifs is 3. The maximum Gasteiger partial charge on any atom is 0.149 e. The molecular formula is C20H18FN3. The zero-order chi connectivity index (χ0) is 16.8. The molecule has 2 heterocycles. The first-order valence-electron chi connectivity index (χ1n) is 7.93. The SMILES string of the molecule is Cc1cc(C)c(Nc2cn3ccc4cc(F)ccc4c3n2)c(C)c1. The lowest BCUT2D eigenvalue weighted by Crippen LogP contribution is -1.97. The van der Waals surface area contributed by atoms with Crippen LogP contribution in [0.1, 0.15) is 16.7 Å². The summed E-state index contributed by atoms with van der Waals surface area (Å²) in [5.74, 6) is 0.546. The molecule has 0 saturated heterocycles. The molecule has 4 heteroatoms. The number of imidazole rings is 1. The number of nitrogens with zero attached hydrogens (tertiary/aromatic N) is 2. The number of aromatic nitrogens is 2. The molecule has 0 amide bonds. The van der Waals surface area contributed by atoms with Gasteiger partial charge in [0.05, 0.1) is 6.20 Å². The van der Waals surface area contributed by atoms with Gasteiger partial charge in [0.25, 0.3) is 0 Å². The van der Waals surface area contributed by atoms with E-state index in [2.05, 4.69) is 38.2 Å². The van der Waals surface area contributed by atoms with Gasteiger partial charge in [-0.2, -0.15) is 0 Å². The van der Waals surface area contributed by atoms with E-state index in [1.54, 1.807) is 6.07 Å². The molecular weight excluding hydrogens is 301 g/mol. The molecule has 0 bridgehead atoms. The fourth-order valence-corrected chi connectivity index (χ4v) is 3.31. The van der Waals surface area contributed by atoms with Crippen molar-refractivity contribution in [2.45, 2.75) is 20.8 Å². The molecule has 0 spiro atoms. The van der Waals surface area contributed by atoms with Gasteiger partial charge in [0.1, 0.15) is 17.3 Å². The number of pyridine rings is 1. The van der Waals surface area contributed by atoms with Crippen molar-refractivity contribution in [1.82, 2.24) is 9.38 Å². The Hall–Kier alpha value is -2.88. The summed E-state index contributed by atoms with van der Waals surface area (Å²) in [5, 5.41) is 5.21. The van der Waals surface area contributed by atoms with Crippen LogP contribution < -0.4 is 5.32 Å². The van der Waals surface area contributed by atoms with Crippen LogP contribution >= 0.6 is 0 Å². The summed E-state index contributed by atoms with van der Waals surface area (Å²) in [6.07, 6.45) is 3.86. The van der Waals surface area contributed by atoms with Crippen molar-refractivity contribution < 1.29 is 4.39 Å². The molecule has 120 valence electrons. The smallest absolute Gasteiger partial charge is 0.149 e. The van der Waals surface area contributed by atoms with Crippen LogP contribution in [0.4, 0.5) is 15.9 Å². The van der Waals surface area contributed by atoms with Gasteiger partial charge in [-0.05, 0) is 61.5 Å². The van der Waals surface area contributed by atoms with E-state index in [0.717, 1.165) is 27.9 Å². The molecule has 0 fully saturated rings. The van der Waals surface area contributed by atoms with Crippen LogP contribution in [0.5, 0.6) is 0 Å². The van der Waals surface area contributed by atoms with E-state index in [1.165, 1.54) is 28.8 Å². The average molecular weight is 319 g/mol. The lowest BCUT2D eigenvalue weighted by atomic mass is 10.1. The van der Waals surface area contributed by atoms with Gasteiger partial charge in [-0.1, -0.05) is 17.7 Å². The molecule has 0 saturated carbocycles. The number of halogens is 1. The van der Waals surface area contributed by atoms with Crippen LogP contribution in [0.25, 0.3) is 16.4 Å². The Morgan fingerprint density at radius 2 is 1.75 bits per heavy atom. The Bertz CT molecular complexity index is 1060. The Balaban J connectivity index is 1.83. The van der Waals surface area contributed by atoms with Gasteiger partial charge in [-0.25, -0.2) is 9.37 Å². The summed E-state index contributed by atoms with van der Waals surface area (Å²) in [4.78, 5) is 4.70. The molecule has 4 aromatic rings. The number of nitrogens with one attached hydrogen (secondary N) is 1. The third-order valence-corrected chi connectivity index (χ3v) is 4.33. The molecule has 0 radical (unpaired) electrons. The third kappa shape index (κ3) is 2.40. The Kier molecular flexibility index (Phi) is 3.27. The third-order valence-electron chi connectivity index (χ3n) is 4.33. The summed E-state index contributed by atoms with van der Waals surface area (Å²) in [6.45, 7) is 6.28. The van der Waals surface area contributed by atoms with Crippen molar-refractivity contribution in [3.8, 4) is 0 Å². The lowest BCUT2D eigenvalue weighted by Gasteiger charge is -2.11. The first kappa shape index (κ1) is 14.7. The van der Waals surface area contributed by atoms with Crippen LogP contribution in [0, 0.1) is 26.6 Å². The molecule has 1 N–H and O–H groups in total. The second kappa shape index (κ2) is 5.34. The topological polar surface area (TPSA) is 29.3 Å². The van der Waals surface area contributed by atoms with Crippen molar-refractivity contribution in [3.05, 3.63) is 71.3 Å². The van der Waals surface area contributed by atoms with Crippen molar-refractivity contribution in [3.63, 3.8) is 0 Å². The minimum Gasteiger partial charge on any atom is -0.338 e. The van der Waals surface area contributed by atoms with Crippen LogP contribution in [-0.2, 0) is 0 Å². The van der Waals surface area contributed by atoms with E-state index in [-0.39, 0.29) is 5.82 Å². The van der Waals surface area contributed by atoms with E-state index >= 15 is 0 Å². The highest BCUT2D eigenvalue weighted by molar-refractivity contribution is 5.94. The molecule has 0 aliphatic heterocycles. The van der Waals surface area contributed by atoms with Crippen molar-refractivity contribution in [1.29, 1.82) is 0 Å². The first-order chi connectivity index (χ1) is 11.5. The summed E-state index contributed by atoms with van der Waals surface area (Å²) in [5.41, 5.74) is 5.53. The predicted octanol–water partition coefficient (Wildman–Crippen LogP) is 5.30. The van der Waals surface area contributed by atoms with E-state index in [9.17, 15) is 4.39 Å². The van der Waals surface area contributed by atoms with E-state index in [0.29, 0.717) is 0 Å². The second-order valence-electron chi connectivity index (χ2n) is 6.30. The highest BCUT2D eigenvalue weighted by Gasteiger charge is 2.09. The Morgan fingerprint density at radius 1 is 1.00 bits per heavy atom. The summed E-state index contributed by atoms with van der Waals surface area (Å²) in [7, 11) is 0. The number of aryl methyl sites for hydroxylation is 3. The summed E-state index contributed by atoms with van der Waals surface area (Å²) < 4.78 is 15.4. The first-order valence-corrected chi connectivity index (χ1v) is 7.93. The quantitative estimate of drug-likeness (QED) is 0.543. The molecule has 4 rings (SSSR count). The van der Waals surface area contributed by atoms with Crippen LogP contribution in [-0.4, -0.2) is 9.38 Å². The molecule has 0 aliphatic rings. The minimum atomic E-state index is -0.234. The molecule has 3 nitrogen and oxygen atoms in total. The maximum absolute atomic E-state index is 13.4. The standard InChI is InChI=1S/C20H18FN3/c1-12-8-13(2)19(14(3)9-12)22-18-11-24-7-6-15-10-16(21)4-5-17(15)20(24)23-18/h4-11,22H,1-3H3. The highest BCUT2D eigenvalue weighted by atomic mass is 19.1. The predicted molar refractivity (Wildman–Crippen MR) is 96.6 cm³/mol. The van der Waals surface area contributed by atoms with Crippen molar-refractivity contribution in [2.24, 2.45) is 0 Å². The lowest BCUT2D eigenvalue weighted by molar-refractivity contribution is 0.630. The number of anilines is 2. The molecule has 2 aromatic heterocycles. The van der Waals surface area contributed by atoms with Gasteiger partial charge in [-0.15, -0.1) is 0 Å². The molecule has 0 aliphatic carbocycles. The maximum atomic E-state index is 13.4. The van der Waals surface area contributed by atoms with E-state index < -0.39 is 0 Å². The van der Waals surface area contributed by atoms with Crippen molar-refractivity contribution >= 4 is 27.9 Å². The van der Waals surface area contributed by atoms with Gasteiger partial charge in [0.2, 0.25) is 0 Å². The fourth-order valence-electron chi connectivity index (χ4n) is 3.31. The normalized spacial score (nSPS) is 11.3. The van der Waals surface area contributed by atoms with E-state index in [1.807, 2.05) is 22.9 Å². The number of rotatable bonds is 2. The van der Waals surface area contributed by atoms with Crippen LogP contribution in [0.3, 0.4) is 0 Å². The second-order valence-corrected chi connectivity index (χ2v) is 6.30. The summed E-state index contributed by atoms with van der Waals surface area (Å²) >= 11 is 0. The number of hydrogen-bond donors (Lipinski definition) is 1. The van der Waals surface area contributed by atoms with Gasteiger partial charge in [0.15, 0.2) is 0 Å². The van der Waals surface area contributed by atoms with Gasteiger partial charge in [0, 0.05) is 17.3 Å². The van der Waals surface area contributed by atoms with Crippen molar-refractivity contribution in [2.75, 3.05) is 5.32 Å². The minimum absolute atomic E-state index is 0.234. The largest absolute Gasteiger partial charge is 0.338 e. The van der Waals surface area contributed by atoms with Gasteiger partial charge >= 0.3 is 0 Å². The zero-order valence-electron chi connectivity index (χ0n) is 13.9. The number of hydrogen-bond acceptors (Lipinski definition) is 2. The molecule has 0 atom stereocenters. The zero-order valence-corrected chi connectivity index (χ0v) is 13.9.